The molecule has 1 saturated heterocycles. The lowest BCUT2D eigenvalue weighted by molar-refractivity contribution is -0.120. The standard InChI is InChI=1S/C25H35N3O2/c1-18(29)27-24(22-8-6-7-13-26-22)19-11-14-28(15-12-19)17-20-16-21(25(2,3)4)9-10-23(20)30-5/h6-10,13,16,19,24H,11-12,14-15,17H2,1-5H3,(H,27,29). The van der Waals surface area contributed by atoms with E-state index in [1.165, 1.54) is 11.1 Å². The van der Waals surface area contributed by atoms with Gasteiger partial charge in [-0.25, -0.2) is 0 Å². The highest BCUT2D eigenvalue weighted by Crippen LogP contribution is 2.33. The molecule has 1 aliphatic heterocycles. The van der Waals surface area contributed by atoms with Crippen LogP contribution in [0.1, 0.15) is 63.4 Å². The zero-order valence-electron chi connectivity index (χ0n) is 18.9. The second-order valence-electron chi connectivity index (χ2n) is 9.32. The van der Waals surface area contributed by atoms with Gasteiger partial charge >= 0.3 is 0 Å². The second-order valence-corrected chi connectivity index (χ2v) is 9.32. The lowest BCUT2D eigenvalue weighted by Crippen LogP contribution is -2.40. The number of pyridine rings is 1. The van der Waals surface area contributed by atoms with E-state index < -0.39 is 0 Å². The normalized spacial score (nSPS) is 16.8. The third kappa shape index (κ3) is 5.60. The van der Waals surface area contributed by atoms with Gasteiger partial charge in [-0.3, -0.25) is 14.7 Å². The fourth-order valence-electron chi connectivity index (χ4n) is 4.27. The first-order valence-electron chi connectivity index (χ1n) is 10.9. The molecule has 1 aromatic carbocycles. The highest BCUT2D eigenvalue weighted by atomic mass is 16.5. The molecule has 1 aliphatic rings. The molecule has 1 fully saturated rings. The van der Waals surface area contributed by atoms with Crippen LogP contribution in [0, 0.1) is 5.92 Å². The van der Waals surface area contributed by atoms with Crippen molar-refractivity contribution in [2.75, 3.05) is 20.2 Å². The number of carbonyl (C=O) groups excluding carboxylic acids is 1. The monoisotopic (exact) mass is 409 g/mol. The summed E-state index contributed by atoms with van der Waals surface area (Å²) < 4.78 is 5.63. The molecule has 162 valence electrons. The third-order valence-corrected chi connectivity index (χ3v) is 6.01. The number of nitrogens with zero attached hydrogens (tertiary/aromatic N) is 2. The summed E-state index contributed by atoms with van der Waals surface area (Å²) in [6, 6.07) is 12.4. The summed E-state index contributed by atoms with van der Waals surface area (Å²) in [4.78, 5) is 18.8. The van der Waals surface area contributed by atoms with Crippen molar-refractivity contribution in [3.63, 3.8) is 0 Å². The van der Waals surface area contributed by atoms with Gasteiger partial charge in [0.15, 0.2) is 0 Å². The Morgan fingerprint density at radius 3 is 2.53 bits per heavy atom. The van der Waals surface area contributed by atoms with Gasteiger partial charge in [0.25, 0.3) is 0 Å². The van der Waals surface area contributed by atoms with E-state index in [1.807, 2.05) is 18.2 Å². The summed E-state index contributed by atoms with van der Waals surface area (Å²) in [5.74, 6) is 1.34. The zero-order chi connectivity index (χ0) is 21.7. The van der Waals surface area contributed by atoms with E-state index in [1.54, 1.807) is 20.2 Å². The zero-order valence-corrected chi connectivity index (χ0v) is 18.9. The quantitative estimate of drug-likeness (QED) is 0.764. The predicted octanol–water partition coefficient (Wildman–Crippen LogP) is 4.48. The lowest BCUT2D eigenvalue weighted by atomic mass is 9.85. The van der Waals surface area contributed by atoms with Gasteiger partial charge in [0.05, 0.1) is 18.8 Å². The molecule has 0 bridgehead atoms. The van der Waals surface area contributed by atoms with Crippen LogP contribution < -0.4 is 10.1 Å². The number of rotatable bonds is 6. The van der Waals surface area contributed by atoms with Crippen molar-refractivity contribution < 1.29 is 9.53 Å². The SMILES string of the molecule is COc1ccc(C(C)(C)C)cc1CN1CCC(C(NC(C)=O)c2ccccn2)CC1. The summed E-state index contributed by atoms with van der Waals surface area (Å²) >= 11 is 0. The predicted molar refractivity (Wildman–Crippen MR) is 120 cm³/mol. The van der Waals surface area contributed by atoms with E-state index in [-0.39, 0.29) is 17.4 Å². The Bertz CT molecular complexity index is 837. The van der Waals surface area contributed by atoms with Gasteiger partial charge in [-0.2, -0.15) is 0 Å². The number of carbonyl (C=O) groups is 1. The number of hydrogen-bond acceptors (Lipinski definition) is 4. The Kier molecular flexibility index (Phi) is 7.14. The lowest BCUT2D eigenvalue weighted by Gasteiger charge is -2.36. The van der Waals surface area contributed by atoms with Crippen LogP contribution in [0.4, 0.5) is 0 Å². The molecule has 0 spiro atoms. The van der Waals surface area contributed by atoms with Crippen molar-refractivity contribution in [3.8, 4) is 5.75 Å². The summed E-state index contributed by atoms with van der Waals surface area (Å²) in [5.41, 5.74) is 3.63. The van der Waals surface area contributed by atoms with Crippen molar-refractivity contribution in [2.45, 2.75) is 58.5 Å². The molecular formula is C25H35N3O2. The molecule has 5 heteroatoms. The minimum absolute atomic E-state index is 0.00295. The number of amides is 1. The molecule has 3 rings (SSSR count). The Hall–Kier alpha value is -2.40. The van der Waals surface area contributed by atoms with Crippen molar-refractivity contribution in [2.24, 2.45) is 5.92 Å². The van der Waals surface area contributed by atoms with Gasteiger partial charge in [-0.05, 0) is 61.0 Å². The molecule has 1 amide bonds. The summed E-state index contributed by atoms with van der Waals surface area (Å²) in [5, 5.41) is 3.13. The Labute approximate surface area is 180 Å². The Morgan fingerprint density at radius 1 is 1.23 bits per heavy atom. The van der Waals surface area contributed by atoms with Gasteiger partial charge in [0, 0.05) is 25.2 Å². The number of ether oxygens (including phenoxy) is 1. The average molecular weight is 410 g/mol. The highest BCUT2D eigenvalue weighted by molar-refractivity contribution is 5.73. The number of benzene rings is 1. The van der Waals surface area contributed by atoms with Gasteiger partial charge < -0.3 is 10.1 Å². The molecule has 1 N–H and O–H groups in total. The van der Waals surface area contributed by atoms with Crippen molar-refractivity contribution in [1.82, 2.24) is 15.2 Å². The molecule has 30 heavy (non-hydrogen) atoms. The fraction of sp³-hybridized carbons (Fsp3) is 0.520. The van der Waals surface area contributed by atoms with Crippen LogP contribution in [-0.4, -0.2) is 36.0 Å². The smallest absolute Gasteiger partial charge is 0.217 e. The molecule has 2 aromatic rings. The van der Waals surface area contributed by atoms with E-state index in [0.29, 0.717) is 5.92 Å². The van der Waals surface area contributed by atoms with Crippen LogP contribution in [0.15, 0.2) is 42.6 Å². The minimum atomic E-state index is -0.0235. The summed E-state index contributed by atoms with van der Waals surface area (Å²) in [6.45, 7) is 11.2. The maximum atomic E-state index is 11.8. The fourth-order valence-corrected chi connectivity index (χ4v) is 4.27. The molecule has 1 aromatic heterocycles. The highest BCUT2D eigenvalue weighted by Gasteiger charge is 2.29. The molecule has 0 aliphatic carbocycles. The van der Waals surface area contributed by atoms with Crippen LogP contribution in [0.3, 0.4) is 0 Å². The average Bonchev–Trinajstić information content (AvgIpc) is 2.72. The largest absolute Gasteiger partial charge is 0.496 e. The van der Waals surface area contributed by atoms with Crippen molar-refractivity contribution in [3.05, 3.63) is 59.4 Å². The Balaban J connectivity index is 1.69. The minimum Gasteiger partial charge on any atom is -0.496 e. The second kappa shape index (κ2) is 9.61. The molecule has 1 unspecified atom stereocenters. The van der Waals surface area contributed by atoms with E-state index in [0.717, 1.165) is 43.9 Å². The summed E-state index contributed by atoms with van der Waals surface area (Å²) in [7, 11) is 1.74. The number of piperidine rings is 1. The van der Waals surface area contributed by atoms with Crippen LogP contribution >= 0.6 is 0 Å². The number of likely N-dealkylation sites (tertiary alicyclic amines) is 1. The molecule has 1 atom stereocenters. The number of aromatic nitrogens is 1. The van der Waals surface area contributed by atoms with Crippen LogP contribution in [0.5, 0.6) is 5.75 Å². The third-order valence-electron chi connectivity index (χ3n) is 6.01. The summed E-state index contributed by atoms with van der Waals surface area (Å²) in [6.07, 6.45) is 3.86. The van der Waals surface area contributed by atoms with Gasteiger partial charge in [0.1, 0.15) is 5.75 Å². The van der Waals surface area contributed by atoms with Crippen LogP contribution in [0.2, 0.25) is 0 Å². The Morgan fingerprint density at radius 2 is 1.97 bits per heavy atom. The number of methoxy groups -OCH3 is 1. The topological polar surface area (TPSA) is 54.5 Å². The van der Waals surface area contributed by atoms with Gasteiger partial charge in [-0.15, -0.1) is 0 Å². The maximum Gasteiger partial charge on any atom is 0.217 e. The van der Waals surface area contributed by atoms with E-state index in [2.05, 4.69) is 54.2 Å². The molecule has 0 saturated carbocycles. The van der Waals surface area contributed by atoms with Gasteiger partial charge in [-0.1, -0.05) is 39.0 Å². The first kappa shape index (κ1) is 22.3. The van der Waals surface area contributed by atoms with Crippen LogP contribution in [-0.2, 0) is 16.8 Å². The number of nitrogens with one attached hydrogen (secondary N) is 1. The van der Waals surface area contributed by atoms with Gasteiger partial charge in [0.2, 0.25) is 5.91 Å². The van der Waals surface area contributed by atoms with E-state index >= 15 is 0 Å². The first-order valence-corrected chi connectivity index (χ1v) is 10.9. The molecule has 2 heterocycles. The van der Waals surface area contributed by atoms with Crippen molar-refractivity contribution >= 4 is 5.91 Å². The number of hydrogen-bond donors (Lipinski definition) is 1. The molecule has 0 radical (unpaired) electrons. The molecular weight excluding hydrogens is 374 g/mol. The van der Waals surface area contributed by atoms with Crippen LogP contribution in [0.25, 0.3) is 0 Å². The van der Waals surface area contributed by atoms with Crippen molar-refractivity contribution in [1.29, 1.82) is 0 Å². The maximum absolute atomic E-state index is 11.8. The first-order chi connectivity index (χ1) is 14.3. The molecule has 5 nitrogen and oxygen atoms in total. The van der Waals surface area contributed by atoms with E-state index in [9.17, 15) is 4.79 Å². The van der Waals surface area contributed by atoms with E-state index in [4.69, 9.17) is 4.74 Å².